The number of nitrogens with zero attached hydrogens (tertiary/aromatic N) is 2. The average molecular weight is 385 g/mol. The fourth-order valence-electron chi connectivity index (χ4n) is 3.36. The van der Waals surface area contributed by atoms with E-state index in [1.54, 1.807) is 0 Å². The van der Waals surface area contributed by atoms with Gasteiger partial charge in [0.05, 0.1) is 6.04 Å². The zero-order chi connectivity index (χ0) is 20.5. The van der Waals surface area contributed by atoms with E-state index in [0.29, 0.717) is 6.54 Å². The number of hydrogen-bond donors (Lipinski definition) is 3. The predicted molar refractivity (Wildman–Crippen MR) is 110 cm³/mol. The third-order valence-electron chi connectivity index (χ3n) is 5.25. The van der Waals surface area contributed by atoms with Crippen LogP contribution < -0.4 is 10.6 Å². The van der Waals surface area contributed by atoms with Crippen LogP contribution in [-0.2, 0) is 4.74 Å². The molecule has 158 valence electrons. The molecule has 1 atom stereocenters. The summed E-state index contributed by atoms with van der Waals surface area (Å²) < 4.78 is 5.35. The maximum atomic E-state index is 12.0. The van der Waals surface area contributed by atoms with Gasteiger partial charge in [-0.3, -0.25) is 4.99 Å². The van der Waals surface area contributed by atoms with Gasteiger partial charge in [-0.1, -0.05) is 13.8 Å². The third kappa shape index (κ3) is 7.95. The van der Waals surface area contributed by atoms with Crippen molar-refractivity contribution in [2.75, 3.05) is 32.8 Å². The highest BCUT2D eigenvalue weighted by atomic mass is 16.6. The van der Waals surface area contributed by atoms with E-state index in [1.807, 2.05) is 20.8 Å². The van der Waals surface area contributed by atoms with Crippen molar-refractivity contribution >= 4 is 12.1 Å². The Balaban J connectivity index is 2.71. The van der Waals surface area contributed by atoms with Gasteiger partial charge >= 0.3 is 6.09 Å². The zero-order valence-electron chi connectivity index (χ0n) is 18.1. The number of amides is 1. The van der Waals surface area contributed by atoms with Gasteiger partial charge in [0, 0.05) is 32.8 Å². The van der Waals surface area contributed by atoms with Crippen LogP contribution in [-0.4, -0.2) is 66.5 Å². The Morgan fingerprint density at radius 3 is 2.44 bits per heavy atom. The van der Waals surface area contributed by atoms with E-state index in [9.17, 15) is 9.90 Å². The molecule has 1 heterocycles. The smallest absolute Gasteiger partial charge is 0.407 e. The van der Waals surface area contributed by atoms with Crippen molar-refractivity contribution in [3.05, 3.63) is 0 Å². The molecule has 1 aliphatic heterocycles. The van der Waals surface area contributed by atoms with Crippen LogP contribution >= 0.6 is 0 Å². The van der Waals surface area contributed by atoms with Crippen molar-refractivity contribution < 1.29 is 14.6 Å². The Labute approximate surface area is 164 Å². The largest absolute Gasteiger partial charge is 0.444 e. The number of carbonyl (C=O) groups is 1. The lowest BCUT2D eigenvalue weighted by Crippen LogP contribution is -2.44. The first-order valence-electron chi connectivity index (χ1n) is 10.3. The molecule has 0 radical (unpaired) electrons. The lowest BCUT2D eigenvalue weighted by atomic mass is 9.79. The number of ether oxygens (including phenoxy) is 1. The van der Waals surface area contributed by atoms with E-state index in [-0.39, 0.29) is 24.2 Å². The van der Waals surface area contributed by atoms with Crippen LogP contribution in [0.3, 0.4) is 0 Å². The van der Waals surface area contributed by atoms with Gasteiger partial charge in [-0.15, -0.1) is 0 Å². The molecule has 0 saturated carbocycles. The third-order valence-corrected chi connectivity index (χ3v) is 5.25. The van der Waals surface area contributed by atoms with Crippen molar-refractivity contribution in [3.8, 4) is 0 Å². The van der Waals surface area contributed by atoms with Crippen LogP contribution in [0.25, 0.3) is 0 Å². The molecule has 7 heteroatoms. The molecule has 1 aliphatic rings. The Morgan fingerprint density at radius 2 is 1.93 bits per heavy atom. The van der Waals surface area contributed by atoms with Crippen LogP contribution in [0.15, 0.2) is 4.99 Å². The molecule has 3 N–H and O–H groups in total. The van der Waals surface area contributed by atoms with Gasteiger partial charge in [-0.25, -0.2) is 4.79 Å². The number of alkyl carbamates (subject to hydrolysis) is 1. The van der Waals surface area contributed by atoms with Crippen molar-refractivity contribution in [1.82, 2.24) is 15.5 Å². The van der Waals surface area contributed by atoms with Gasteiger partial charge in [-0.2, -0.15) is 0 Å². The molecule has 0 aromatic carbocycles. The lowest BCUT2D eigenvalue weighted by molar-refractivity contribution is 0.0507. The van der Waals surface area contributed by atoms with Crippen molar-refractivity contribution in [1.29, 1.82) is 0 Å². The molecule has 1 saturated heterocycles. The molecule has 1 amide bonds. The fraction of sp³-hybridized carbons (Fsp3) is 0.900. The number of rotatable bonds is 8. The van der Waals surface area contributed by atoms with Gasteiger partial charge in [0.2, 0.25) is 0 Å². The van der Waals surface area contributed by atoms with Crippen molar-refractivity contribution in [2.24, 2.45) is 10.4 Å². The molecule has 1 unspecified atom stereocenters. The molecule has 27 heavy (non-hydrogen) atoms. The van der Waals surface area contributed by atoms with E-state index in [2.05, 4.69) is 36.3 Å². The van der Waals surface area contributed by atoms with Gasteiger partial charge < -0.3 is 25.4 Å². The van der Waals surface area contributed by atoms with Crippen LogP contribution in [0.4, 0.5) is 4.79 Å². The van der Waals surface area contributed by atoms with Gasteiger partial charge in [0.15, 0.2) is 5.96 Å². The van der Waals surface area contributed by atoms with Gasteiger partial charge in [0.1, 0.15) is 5.60 Å². The molecular formula is C20H40N4O3. The van der Waals surface area contributed by atoms with Gasteiger partial charge in [0.25, 0.3) is 0 Å². The summed E-state index contributed by atoms with van der Waals surface area (Å²) in [4.78, 5) is 19.1. The van der Waals surface area contributed by atoms with Crippen LogP contribution in [0, 0.1) is 5.41 Å². The normalized spacial score (nSPS) is 18.6. The minimum Gasteiger partial charge on any atom is -0.444 e. The first kappa shape index (κ1) is 23.5. The second kappa shape index (κ2) is 10.7. The number of guanidine groups is 1. The van der Waals surface area contributed by atoms with E-state index in [4.69, 9.17) is 9.73 Å². The first-order valence-corrected chi connectivity index (χ1v) is 10.3. The SMILES string of the molecule is CCNC(=NCC(CC)(CC)CCO)N1CCC(NC(=O)OC(C)(C)C)C1. The first-order chi connectivity index (χ1) is 12.7. The highest BCUT2D eigenvalue weighted by molar-refractivity contribution is 5.80. The Kier molecular flexibility index (Phi) is 9.36. The summed E-state index contributed by atoms with van der Waals surface area (Å²) >= 11 is 0. The number of hydrogen-bond acceptors (Lipinski definition) is 4. The predicted octanol–water partition coefficient (Wildman–Crippen LogP) is 2.74. The summed E-state index contributed by atoms with van der Waals surface area (Å²) in [5.74, 6) is 0.884. The van der Waals surface area contributed by atoms with Crippen LogP contribution in [0.1, 0.15) is 67.2 Å². The topological polar surface area (TPSA) is 86.2 Å². The van der Waals surface area contributed by atoms with E-state index in [0.717, 1.165) is 51.3 Å². The maximum absolute atomic E-state index is 12.0. The molecule has 0 aliphatic carbocycles. The monoisotopic (exact) mass is 384 g/mol. The zero-order valence-corrected chi connectivity index (χ0v) is 18.1. The molecule has 7 nitrogen and oxygen atoms in total. The summed E-state index contributed by atoms with van der Waals surface area (Å²) in [5, 5.41) is 15.7. The fourth-order valence-corrected chi connectivity index (χ4v) is 3.36. The Hall–Kier alpha value is -1.50. The molecular weight excluding hydrogens is 344 g/mol. The van der Waals surface area contributed by atoms with E-state index < -0.39 is 5.60 Å². The number of aliphatic imine (C=N–C) groups is 1. The molecule has 0 bridgehead atoms. The number of nitrogens with one attached hydrogen (secondary N) is 2. The highest BCUT2D eigenvalue weighted by Crippen LogP contribution is 2.30. The van der Waals surface area contributed by atoms with Gasteiger partial charge in [-0.05, 0) is 58.8 Å². The minimum absolute atomic E-state index is 0.0450. The molecule has 0 aromatic rings. The van der Waals surface area contributed by atoms with Crippen LogP contribution in [0.2, 0.25) is 0 Å². The van der Waals surface area contributed by atoms with Crippen LogP contribution in [0.5, 0.6) is 0 Å². The number of likely N-dealkylation sites (tertiary alicyclic amines) is 1. The number of aliphatic hydroxyl groups is 1. The number of carbonyl (C=O) groups excluding carboxylic acids is 1. The second-order valence-corrected chi connectivity index (χ2v) is 8.43. The molecule has 1 rings (SSSR count). The summed E-state index contributed by atoms with van der Waals surface area (Å²) in [7, 11) is 0. The summed E-state index contributed by atoms with van der Waals surface area (Å²) in [6.07, 6.45) is 3.26. The lowest BCUT2D eigenvalue weighted by Gasteiger charge is -2.30. The van der Waals surface area contributed by atoms with Crippen molar-refractivity contribution in [2.45, 2.75) is 78.9 Å². The second-order valence-electron chi connectivity index (χ2n) is 8.43. The molecule has 0 spiro atoms. The Bertz CT molecular complexity index is 484. The maximum Gasteiger partial charge on any atom is 0.407 e. The average Bonchev–Trinajstić information content (AvgIpc) is 3.03. The highest BCUT2D eigenvalue weighted by Gasteiger charge is 2.29. The molecule has 0 aromatic heterocycles. The quantitative estimate of drug-likeness (QED) is 0.442. The van der Waals surface area contributed by atoms with E-state index >= 15 is 0 Å². The Morgan fingerprint density at radius 1 is 1.26 bits per heavy atom. The summed E-state index contributed by atoms with van der Waals surface area (Å²) in [5.41, 5.74) is -0.446. The number of aliphatic hydroxyl groups excluding tert-OH is 1. The summed E-state index contributed by atoms with van der Waals surface area (Å²) in [6, 6.07) is 0.0586. The molecule has 1 fully saturated rings. The summed E-state index contributed by atoms with van der Waals surface area (Å²) in [6.45, 7) is 15.2. The standard InChI is InChI=1S/C20H40N4O3/c1-7-20(8-2,11-13-25)15-22-17(21-9-3)24-12-10-16(14-24)23-18(26)27-19(4,5)6/h16,25H,7-15H2,1-6H3,(H,21,22)(H,23,26). The van der Waals surface area contributed by atoms with Crippen molar-refractivity contribution in [3.63, 3.8) is 0 Å². The van der Waals surface area contributed by atoms with E-state index in [1.165, 1.54) is 0 Å². The minimum atomic E-state index is -0.491.